The zero-order valence-electron chi connectivity index (χ0n) is 12.0. The Morgan fingerprint density at radius 1 is 1.52 bits per heavy atom. The van der Waals surface area contributed by atoms with Gasteiger partial charge in [-0.25, -0.2) is 9.78 Å². The zero-order chi connectivity index (χ0) is 15.4. The van der Waals surface area contributed by atoms with Crippen LogP contribution in [0.25, 0.3) is 0 Å². The van der Waals surface area contributed by atoms with Gasteiger partial charge in [-0.3, -0.25) is 4.79 Å². The molecule has 0 radical (unpaired) electrons. The number of ether oxygens (including phenoxy) is 2. The van der Waals surface area contributed by atoms with Crippen molar-refractivity contribution < 1.29 is 24.2 Å². The number of hydrogen-bond donors (Lipinski definition) is 1. The van der Waals surface area contributed by atoms with Crippen LogP contribution in [0, 0.1) is 0 Å². The summed E-state index contributed by atoms with van der Waals surface area (Å²) in [7, 11) is 0. The van der Waals surface area contributed by atoms with Gasteiger partial charge >= 0.3 is 5.97 Å². The number of aromatic nitrogens is 1. The molecule has 1 aliphatic heterocycles. The maximum absolute atomic E-state index is 12.5. The van der Waals surface area contributed by atoms with E-state index in [1.54, 1.807) is 12.1 Å². The van der Waals surface area contributed by atoms with Crippen LogP contribution in [0.15, 0.2) is 18.3 Å². The molecular weight excluding hydrogens is 276 g/mol. The number of amides is 1. The summed E-state index contributed by atoms with van der Waals surface area (Å²) in [5.41, 5.74) is 0.192. The van der Waals surface area contributed by atoms with Gasteiger partial charge in [-0.2, -0.15) is 0 Å². The predicted octanol–water partition coefficient (Wildman–Crippen LogP) is 0.794. The van der Waals surface area contributed by atoms with E-state index in [9.17, 15) is 9.59 Å². The van der Waals surface area contributed by atoms with E-state index >= 15 is 0 Å². The van der Waals surface area contributed by atoms with Gasteiger partial charge in [0.2, 0.25) is 0 Å². The Kier molecular flexibility index (Phi) is 4.74. The summed E-state index contributed by atoms with van der Waals surface area (Å²) < 4.78 is 10.7. The van der Waals surface area contributed by atoms with Crippen molar-refractivity contribution in [2.45, 2.75) is 26.1 Å². The monoisotopic (exact) mass is 294 g/mol. The highest BCUT2D eigenvalue weighted by atomic mass is 16.5. The lowest BCUT2D eigenvalue weighted by molar-refractivity contribution is -0.154. The van der Waals surface area contributed by atoms with Gasteiger partial charge in [0.1, 0.15) is 0 Å². The number of carboxylic acid groups (broad SMARTS) is 1. The molecule has 1 aromatic rings. The number of rotatable bonds is 4. The quantitative estimate of drug-likeness (QED) is 0.883. The lowest BCUT2D eigenvalue weighted by Crippen LogP contribution is -2.48. The minimum Gasteiger partial charge on any atom is -0.489 e. The molecule has 21 heavy (non-hydrogen) atoms. The first-order chi connectivity index (χ1) is 9.99. The van der Waals surface area contributed by atoms with Crippen LogP contribution >= 0.6 is 0 Å². The summed E-state index contributed by atoms with van der Waals surface area (Å²) >= 11 is 0. The molecule has 0 aromatic carbocycles. The summed E-state index contributed by atoms with van der Waals surface area (Å²) in [6.07, 6.45) is 0.424. The van der Waals surface area contributed by atoms with Gasteiger partial charge in [0.25, 0.3) is 5.91 Å². The summed E-state index contributed by atoms with van der Waals surface area (Å²) in [5, 5.41) is 8.98. The Hall–Kier alpha value is -2.15. The van der Waals surface area contributed by atoms with Gasteiger partial charge in [0, 0.05) is 12.7 Å². The van der Waals surface area contributed by atoms with Gasteiger partial charge in [0.05, 0.1) is 19.3 Å². The highest BCUT2D eigenvalue weighted by Crippen LogP contribution is 2.20. The van der Waals surface area contributed by atoms with Gasteiger partial charge < -0.3 is 19.5 Å². The Labute approximate surface area is 122 Å². The van der Waals surface area contributed by atoms with Gasteiger partial charge in [0.15, 0.2) is 17.5 Å². The first-order valence-electron chi connectivity index (χ1n) is 6.74. The maximum atomic E-state index is 12.5. The van der Waals surface area contributed by atoms with Crippen molar-refractivity contribution in [3.05, 3.63) is 24.0 Å². The number of carbonyl (C=O) groups is 2. The van der Waals surface area contributed by atoms with Gasteiger partial charge in [-0.1, -0.05) is 0 Å². The summed E-state index contributed by atoms with van der Waals surface area (Å²) in [4.78, 5) is 29.0. The fourth-order valence-corrected chi connectivity index (χ4v) is 2.03. The summed E-state index contributed by atoms with van der Waals surface area (Å²) in [5.74, 6) is -1.02. The average molecular weight is 294 g/mol. The SMILES string of the molecule is CC(C)Oc1cccnc1C(=O)N1CCOC(C(=O)O)C1. The Morgan fingerprint density at radius 2 is 2.29 bits per heavy atom. The topological polar surface area (TPSA) is 89.0 Å². The molecule has 0 spiro atoms. The fraction of sp³-hybridized carbons (Fsp3) is 0.500. The van der Waals surface area contributed by atoms with E-state index in [0.29, 0.717) is 12.3 Å². The molecular formula is C14H18N2O5. The number of carboxylic acids is 1. The number of hydrogen-bond acceptors (Lipinski definition) is 5. The minimum absolute atomic E-state index is 0.00581. The number of morpholine rings is 1. The standard InChI is InChI=1S/C14H18N2O5/c1-9(2)21-10-4-3-5-15-12(10)13(17)16-6-7-20-11(8-16)14(18)19/h3-5,9,11H,6-8H2,1-2H3,(H,18,19). The van der Waals surface area contributed by atoms with E-state index in [1.807, 2.05) is 13.8 Å². The largest absolute Gasteiger partial charge is 0.489 e. The third-order valence-corrected chi connectivity index (χ3v) is 2.97. The van der Waals surface area contributed by atoms with Crippen molar-refractivity contribution >= 4 is 11.9 Å². The second-order valence-electron chi connectivity index (χ2n) is 4.97. The lowest BCUT2D eigenvalue weighted by Gasteiger charge is -2.31. The first-order valence-corrected chi connectivity index (χ1v) is 6.74. The van der Waals surface area contributed by atoms with Crippen LogP contribution in [0.4, 0.5) is 0 Å². The molecule has 1 fully saturated rings. The smallest absolute Gasteiger partial charge is 0.334 e. The van der Waals surface area contributed by atoms with E-state index in [0.717, 1.165) is 0 Å². The van der Waals surface area contributed by atoms with Crippen molar-refractivity contribution in [2.24, 2.45) is 0 Å². The van der Waals surface area contributed by atoms with Crippen molar-refractivity contribution in [3.63, 3.8) is 0 Å². The third-order valence-electron chi connectivity index (χ3n) is 2.97. The van der Waals surface area contributed by atoms with Crippen LogP contribution in [0.3, 0.4) is 0 Å². The minimum atomic E-state index is -1.08. The van der Waals surface area contributed by atoms with E-state index < -0.39 is 12.1 Å². The zero-order valence-corrected chi connectivity index (χ0v) is 12.0. The average Bonchev–Trinajstić information content (AvgIpc) is 2.46. The van der Waals surface area contributed by atoms with Crippen LogP contribution in [0.5, 0.6) is 5.75 Å². The van der Waals surface area contributed by atoms with Crippen LogP contribution in [-0.2, 0) is 9.53 Å². The number of aliphatic carboxylic acids is 1. The second-order valence-corrected chi connectivity index (χ2v) is 4.97. The highest BCUT2D eigenvalue weighted by Gasteiger charge is 2.31. The van der Waals surface area contributed by atoms with Crippen molar-refractivity contribution in [2.75, 3.05) is 19.7 Å². The molecule has 0 aliphatic carbocycles. The molecule has 1 amide bonds. The number of nitrogens with zero attached hydrogens (tertiary/aromatic N) is 2. The molecule has 2 heterocycles. The Bertz CT molecular complexity index is 532. The van der Waals surface area contributed by atoms with Crippen LogP contribution in [-0.4, -0.2) is 58.8 Å². The third kappa shape index (κ3) is 3.69. The first kappa shape index (κ1) is 15.2. The molecule has 1 aromatic heterocycles. The molecule has 2 rings (SSSR count). The number of pyridine rings is 1. The predicted molar refractivity (Wildman–Crippen MR) is 73.3 cm³/mol. The summed E-state index contributed by atoms with van der Waals surface area (Å²) in [6.45, 7) is 4.25. The molecule has 1 N–H and O–H groups in total. The highest BCUT2D eigenvalue weighted by molar-refractivity contribution is 5.95. The van der Waals surface area contributed by atoms with E-state index in [4.69, 9.17) is 14.6 Å². The van der Waals surface area contributed by atoms with Crippen LogP contribution in [0.1, 0.15) is 24.3 Å². The summed E-state index contributed by atoms with van der Waals surface area (Å²) in [6, 6.07) is 3.36. The van der Waals surface area contributed by atoms with E-state index in [1.165, 1.54) is 11.1 Å². The van der Waals surface area contributed by atoms with E-state index in [2.05, 4.69) is 4.98 Å². The van der Waals surface area contributed by atoms with Crippen molar-refractivity contribution in [1.29, 1.82) is 0 Å². The molecule has 7 heteroatoms. The molecule has 1 saturated heterocycles. The molecule has 1 unspecified atom stereocenters. The lowest BCUT2D eigenvalue weighted by atomic mass is 10.2. The second kappa shape index (κ2) is 6.53. The van der Waals surface area contributed by atoms with Crippen molar-refractivity contribution in [1.82, 2.24) is 9.88 Å². The van der Waals surface area contributed by atoms with Gasteiger partial charge in [-0.05, 0) is 26.0 Å². The fourth-order valence-electron chi connectivity index (χ4n) is 2.03. The number of carbonyl (C=O) groups excluding carboxylic acids is 1. The molecule has 0 saturated carbocycles. The van der Waals surface area contributed by atoms with Gasteiger partial charge in [-0.15, -0.1) is 0 Å². The molecule has 114 valence electrons. The van der Waals surface area contributed by atoms with Crippen LogP contribution < -0.4 is 4.74 Å². The molecule has 0 bridgehead atoms. The van der Waals surface area contributed by atoms with Crippen LogP contribution in [0.2, 0.25) is 0 Å². The maximum Gasteiger partial charge on any atom is 0.334 e. The Morgan fingerprint density at radius 3 is 2.95 bits per heavy atom. The molecule has 1 aliphatic rings. The normalized spacial score (nSPS) is 18.6. The van der Waals surface area contributed by atoms with Crippen molar-refractivity contribution in [3.8, 4) is 5.75 Å². The molecule has 7 nitrogen and oxygen atoms in total. The Balaban J connectivity index is 2.18. The molecule has 1 atom stereocenters. The van der Waals surface area contributed by atoms with E-state index in [-0.39, 0.29) is 30.9 Å².